The Labute approximate surface area is 105 Å². The molecular weight excluding hydrogens is 208 g/mol. The van der Waals surface area contributed by atoms with Crippen molar-refractivity contribution in [1.29, 1.82) is 0 Å². The Morgan fingerprint density at radius 3 is 2.71 bits per heavy atom. The van der Waals surface area contributed by atoms with Gasteiger partial charge in [-0.15, -0.1) is 0 Å². The molecular formula is C15H24N2. The molecule has 0 saturated heterocycles. The summed E-state index contributed by atoms with van der Waals surface area (Å²) in [6.45, 7) is 9.02. The Morgan fingerprint density at radius 2 is 2.00 bits per heavy atom. The number of rotatable bonds is 3. The molecule has 0 aromatic heterocycles. The third kappa shape index (κ3) is 2.47. The van der Waals surface area contributed by atoms with Crippen molar-refractivity contribution in [2.24, 2.45) is 5.92 Å². The van der Waals surface area contributed by atoms with Crippen molar-refractivity contribution in [3.8, 4) is 0 Å². The van der Waals surface area contributed by atoms with Gasteiger partial charge in [-0.05, 0) is 43.0 Å². The molecule has 2 heteroatoms. The van der Waals surface area contributed by atoms with E-state index >= 15 is 0 Å². The van der Waals surface area contributed by atoms with E-state index in [0.29, 0.717) is 12.0 Å². The predicted octanol–water partition coefficient (Wildman–Crippen LogP) is 2.81. The van der Waals surface area contributed by atoms with E-state index in [9.17, 15) is 0 Å². The van der Waals surface area contributed by atoms with Crippen LogP contribution < -0.4 is 10.2 Å². The molecule has 0 fully saturated rings. The molecule has 1 aliphatic rings. The fourth-order valence-corrected chi connectivity index (χ4v) is 2.51. The molecule has 1 unspecified atom stereocenters. The van der Waals surface area contributed by atoms with Crippen LogP contribution >= 0.6 is 0 Å². The van der Waals surface area contributed by atoms with E-state index in [-0.39, 0.29) is 0 Å². The van der Waals surface area contributed by atoms with Gasteiger partial charge in [0.2, 0.25) is 0 Å². The molecule has 17 heavy (non-hydrogen) atoms. The minimum Gasteiger partial charge on any atom is -0.371 e. The summed E-state index contributed by atoms with van der Waals surface area (Å²) in [4.78, 5) is 2.44. The van der Waals surface area contributed by atoms with E-state index in [0.717, 1.165) is 19.5 Å². The molecule has 2 nitrogen and oxygen atoms in total. The van der Waals surface area contributed by atoms with E-state index < -0.39 is 0 Å². The average molecular weight is 232 g/mol. The largest absolute Gasteiger partial charge is 0.371 e. The van der Waals surface area contributed by atoms with Gasteiger partial charge in [0.25, 0.3) is 0 Å². The summed E-state index contributed by atoms with van der Waals surface area (Å²) in [6.07, 6.45) is 1.15. The molecule has 0 spiro atoms. The minimum atomic E-state index is 0.580. The highest BCUT2D eigenvalue weighted by atomic mass is 15.1. The van der Waals surface area contributed by atoms with Crippen LogP contribution in [0.4, 0.5) is 5.69 Å². The van der Waals surface area contributed by atoms with Gasteiger partial charge in [0, 0.05) is 25.3 Å². The maximum atomic E-state index is 3.44. The second kappa shape index (κ2) is 5.09. The number of benzene rings is 1. The lowest BCUT2D eigenvalue weighted by Crippen LogP contribution is -2.35. The van der Waals surface area contributed by atoms with Crippen LogP contribution in [-0.2, 0) is 13.0 Å². The lowest BCUT2D eigenvalue weighted by molar-refractivity contribution is 0.503. The summed E-state index contributed by atoms with van der Waals surface area (Å²) < 4.78 is 0. The molecule has 0 radical (unpaired) electrons. The summed E-state index contributed by atoms with van der Waals surface area (Å²) in [6, 6.07) is 7.28. The summed E-state index contributed by atoms with van der Waals surface area (Å²) in [5, 5.41) is 3.44. The first-order valence-electron chi connectivity index (χ1n) is 6.65. The van der Waals surface area contributed by atoms with Crippen molar-refractivity contribution in [2.75, 3.05) is 18.5 Å². The molecule has 1 N–H and O–H groups in total. The zero-order chi connectivity index (χ0) is 12.4. The number of nitrogens with one attached hydrogen (secondary N) is 1. The Bertz CT molecular complexity index is 385. The van der Waals surface area contributed by atoms with Crippen LogP contribution in [0.2, 0.25) is 0 Å². The highest BCUT2D eigenvalue weighted by molar-refractivity contribution is 5.57. The van der Waals surface area contributed by atoms with E-state index in [1.807, 2.05) is 0 Å². The van der Waals surface area contributed by atoms with Crippen LogP contribution in [0.5, 0.6) is 0 Å². The number of fused-ring (bicyclic) bond motifs is 1. The van der Waals surface area contributed by atoms with Gasteiger partial charge in [-0.3, -0.25) is 0 Å². The van der Waals surface area contributed by atoms with Crippen LogP contribution in [0.15, 0.2) is 18.2 Å². The standard InChI is InChI=1S/C15H24N2/c1-11(2)12(3)17(4)15-7-5-6-13-10-16-9-8-14(13)15/h5-7,11-12,16H,8-10H2,1-4H3. The fourth-order valence-electron chi connectivity index (χ4n) is 2.51. The lowest BCUT2D eigenvalue weighted by Gasteiger charge is -2.33. The summed E-state index contributed by atoms with van der Waals surface area (Å²) in [5.74, 6) is 0.678. The van der Waals surface area contributed by atoms with E-state index in [1.165, 1.54) is 11.3 Å². The minimum absolute atomic E-state index is 0.580. The zero-order valence-corrected chi connectivity index (χ0v) is 11.5. The Kier molecular flexibility index (Phi) is 3.72. The number of nitrogens with zero attached hydrogens (tertiary/aromatic N) is 1. The van der Waals surface area contributed by atoms with Gasteiger partial charge in [-0.25, -0.2) is 0 Å². The fraction of sp³-hybridized carbons (Fsp3) is 0.600. The van der Waals surface area contributed by atoms with Crippen LogP contribution in [0.25, 0.3) is 0 Å². The highest BCUT2D eigenvalue weighted by Crippen LogP contribution is 2.28. The molecule has 94 valence electrons. The molecule has 0 aliphatic carbocycles. The molecule has 0 saturated carbocycles. The number of anilines is 1. The Hall–Kier alpha value is -1.02. The van der Waals surface area contributed by atoms with Crippen LogP contribution in [0, 0.1) is 5.92 Å². The molecule has 1 aliphatic heterocycles. The van der Waals surface area contributed by atoms with Crippen molar-refractivity contribution in [2.45, 2.75) is 39.8 Å². The van der Waals surface area contributed by atoms with Crippen LogP contribution in [0.3, 0.4) is 0 Å². The van der Waals surface area contributed by atoms with E-state index in [2.05, 4.69) is 56.2 Å². The van der Waals surface area contributed by atoms with Crippen molar-refractivity contribution >= 4 is 5.69 Å². The zero-order valence-electron chi connectivity index (χ0n) is 11.5. The van der Waals surface area contributed by atoms with Crippen LogP contribution in [-0.4, -0.2) is 19.6 Å². The Morgan fingerprint density at radius 1 is 1.24 bits per heavy atom. The molecule has 1 aromatic carbocycles. The van der Waals surface area contributed by atoms with Gasteiger partial charge in [0.1, 0.15) is 0 Å². The summed E-state index contributed by atoms with van der Waals surface area (Å²) >= 11 is 0. The highest BCUT2D eigenvalue weighted by Gasteiger charge is 2.19. The maximum Gasteiger partial charge on any atom is 0.0402 e. The third-order valence-corrected chi connectivity index (χ3v) is 4.07. The summed E-state index contributed by atoms with van der Waals surface area (Å²) in [5.41, 5.74) is 4.43. The number of hydrogen-bond acceptors (Lipinski definition) is 2. The van der Waals surface area contributed by atoms with Gasteiger partial charge in [-0.1, -0.05) is 26.0 Å². The molecule has 1 atom stereocenters. The lowest BCUT2D eigenvalue weighted by atomic mass is 9.96. The maximum absolute atomic E-state index is 3.44. The van der Waals surface area contributed by atoms with Crippen LogP contribution in [0.1, 0.15) is 31.9 Å². The van der Waals surface area contributed by atoms with Gasteiger partial charge in [-0.2, -0.15) is 0 Å². The third-order valence-electron chi connectivity index (χ3n) is 4.07. The average Bonchev–Trinajstić information content (AvgIpc) is 2.36. The molecule has 2 rings (SSSR count). The van der Waals surface area contributed by atoms with Crippen molar-refractivity contribution in [3.63, 3.8) is 0 Å². The number of hydrogen-bond donors (Lipinski definition) is 1. The van der Waals surface area contributed by atoms with Gasteiger partial charge in [0.05, 0.1) is 0 Å². The van der Waals surface area contributed by atoms with Crippen molar-refractivity contribution in [1.82, 2.24) is 5.32 Å². The first-order chi connectivity index (χ1) is 8.11. The first kappa shape index (κ1) is 12.4. The molecule has 0 bridgehead atoms. The molecule has 1 aromatic rings. The summed E-state index contributed by atoms with van der Waals surface area (Å²) in [7, 11) is 2.22. The SMILES string of the molecule is CC(C)C(C)N(C)c1cccc2c1CCNC2. The second-order valence-corrected chi connectivity index (χ2v) is 5.44. The van der Waals surface area contributed by atoms with E-state index in [1.54, 1.807) is 5.56 Å². The van der Waals surface area contributed by atoms with Gasteiger partial charge in [0.15, 0.2) is 0 Å². The smallest absolute Gasteiger partial charge is 0.0402 e. The van der Waals surface area contributed by atoms with Gasteiger partial charge < -0.3 is 10.2 Å². The van der Waals surface area contributed by atoms with Crippen molar-refractivity contribution in [3.05, 3.63) is 29.3 Å². The Balaban J connectivity index is 2.32. The van der Waals surface area contributed by atoms with Crippen molar-refractivity contribution < 1.29 is 0 Å². The topological polar surface area (TPSA) is 15.3 Å². The first-order valence-corrected chi connectivity index (χ1v) is 6.65. The quantitative estimate of drug-likeness (QED) is 0.862. The normalized spacial score (nSPS) is 16.8. The van der Waals surface area contributed by atoms with Gasteiger partial charge >= 0.3 is 0 Å². The predicted molar refractivity (Wildman–Crippen MR) is 74.6 cm³/mol. The molecule has 1 heterocycles. The van der Waals surface area contributed by atoms with E-state index in [4.69, 9.17) is 0 Å². The second-order valence-electron chi connectivity index (χ2n) is 5.44. The molecule has 0 amide bonds. The monoisotopic (exact) mass is 232 g/mol.